The van der Waals surface area contributed by atoms with E-state index in [0.29, 0.717) is 13.0 Å². The third-order valence-electron chi connectivity index (χ3n) is 4.28. The highest BCUT2D eigenvalue weighted by Crippen LogP contribution is 2.38. The average molecular weight is 261 g/mol. The SMILES string of the molecule is CN(C(=O)CC1(CN)CCCCC1)c1cccnc1. The average Bonchev–Trinajstić information content (AvgIpc) is 2.48. The van der Waals surface area contributed by atoms with E-state index in [0.717, 1.165) is 18.5 Å². The molecule has 1 aliphatic carbocycles. The van der Waals surface area contributed by atoms with E-state index >= 15 is 0 Å². The predicted molar refractivity (Wildman–Crippen MR) is 76.8 cm³/mol. The summed E-state index contributed by atoms with van der Waals surface area (Å²) in [6.45, 7) is 0.611. The Morgan fingerprint density at radius 2 is 2.16 bits per heavy atom. The number of nitrogens with zero attached hydrogens (tertiary/aromatic N) is 2. The maximum Gasteiger partial charge on any atom is 0.227 e. The number of hydrogen-bond donors (Lipinski definition) is 1. The van der Waals surface area contributed by atoms with E-state index in [1.54, 1.807) is 17.3 Å². The van der Waals surface area contributed by atoms with Crippen molar-refractivity contribution in [1.82, 2.24) is 4.98 Å². The molecule has 0 atom stereocenters. The summed E-state index contributed by atoms with van der Waals surface area (Å²) >= 11 is 0. The largest absolute Gasteiger partial charge is 0.330 e. The van der Waals surface area contributed by atoms with Crippen molar-refractivity contribution in [1.29, 1.82) is 0 Å². The molecule has 0 aliphatic heterocycles. The Hall–Kier alpha value is -1.42. The molecule has 1 aliphatic rings. The molecule has 0 radical (unpaired) electrons. The van der Waals surface area contributed by atoms with Crippen molar-refractivity contribution >= 4 is 11.6 Å². The molecule has 2 rings (SSSR count). The number of aromatic nitrogens is 1. The van der Waals surface area contributed by atoms with Gasteiger partial charge in [0.05, 0.1) is 11.9 Å². The fraction of sp³-hybridized carbons (Fsp3) is 0.600. The van der Waals surface area contributed by atoms with Crippen LogP contribution in [0.4, 0.5) is 5.69 Å². The molecular formula is C15H23N3O. The van der Waals surface area contributed by atoms with Crippen LogP contribution in [0, 0.1) is 5.41 Å². The molecule has 0 bridgehead atoms. The van der Waals surface area contributed by atoms with E-state index in [1.807, 2.05) is 19.2 Å². The zero-order valence-electron chi connectivity index (χ0n) is 11.6. The summed E-state index contributed by atoms with van der Waals surface area (Å²) in [5.74, 6) is 0.139. The molecule has 0 aromatic carbocycles. The third-order valence-corrected chi connectivity index (χ3v) is 4.28. The Bertz CT molecular complexity index is 413. The normalized spacial score (nSPS) is 18.0. The van der Waals surface area contributed by atoms with Crippen molar-refractivity contribution in [2.45, 2.75) is 38.5 Å². The van der Waals surface area contributed by atoms with Crippen LogP contribution >= 0.6 is 0 Å². The van der Waals surface area contributed by atoms with E-state index < -0.39 is 0 Å². The van der Waals surface area contributed by atoms with Crippen molar-refractivity contribution in [3.8, 4) is 0 Å². The number of anilines is 1. The van der Waals surface area contributed by atoms with Crippen molar-refractivity contribution in [3.05, 3.63) is 24.5 Å². The molecular weight excluding hydrogens is 238 g/mol. The van der Waals surface area contributed by atoms with Gasteiger partial charge in [-0.25, -0.2) is 0 Å². The lowest BCUT2D eigenvalue weighted by molar-refractivity contribution is -0.121. The summed E-state index contributed by atoms with van der Waals surface area (Å²) < 4.78 is 0. The monoisotopic (exact) mass is 261 g/mol. The van der Waals surface area contributed by atoms with E-state index in [2.05, 4.69) is 4.98 Å². The van der Waals surface area contributed by atoms with Crippen molar-refractivity contribution in [2.75, 3.05) is 18.5 Å². The van der Waals surface area contributed by atoms with E-state index in [4.69, 9.17) is 5.73 Å². The van der Waals surface area contributed by atoms with Crippen LogP contribution in [-0.4, -0.2) is 24.5 Å². The van der Waals surface area contributed by atoms with Gasteiger partial charge in [0.25, 0.3) is 0 Å². The maximum atomic E-state index is 12.4. The van der Waals surface area contributed by atoms with Crippen LogP contribution in [0.1, 0.15) is 38.5 Å². The second-order valence-corrected chi connectivity index (χ2v) is 5.61. The van der Waals surface area contributed by atoms with Crippen LogP contribution in [0.2, 0.25) is 0 Å². The van der Waals surface area contributed by atoms with Gasteiger partial charge < -0.3 is 10.6 Å². The number of rotatable bonds is 4. The van der Waals surface area contributed by atoms with E-state index in [-0.39, 0.29) is 11.3 Å². The lowest BCUT2D eigenvalue weighted by atomic mass is 9.71. The van der Waals surface area contributed by atoms with E-state index in [9.17, 15) is 4.79 Å². The van der Waals surface area contributed by atoms with Crippen LogP contribution in [0.25, 0.3) is 0 Å². The fourth-order valence-electron chi connectivity index (χ4n) is 2.89. The van der Waals surface area contributed by atoms with Gasteiger partial charge in [-0.1, -0.05) is 19.3 Å². The minimum Gasteiger partial charge on any atom is -0.330 e. The number of carbonyl (C=O) groups is 1. The number of carbonyl (C=O) groups excluding carboxylic acids is 1. The fourth-order valence-corrected chi connectivity index (χ4v) is 2.89. The molecule has 1 saturated carbocycles. The van der Waals surface area contributed by atoms with Crippen LogP contribution < -0.4 is 10.6 Å². The molecule has 4 nitrogen and oxygen atoms in total. The zero-order valence-corrected chi connectivity index (χ0v) is 11.6. The van der Waals surface area contributed by atoms with Gasteiger partial charge in [-0.05, 0) is 36.9 Å². The zero-order chi connectivity index (χ0) is 13.7. The highest BCUT2D eigenvalue weighted by Gasteiger charge is 2.34. The quantitative estimate of drug-likeness (QED) is 0.905. The summed E-state index contributed by atoms with van der Waals surface area (Å²) in [5.41, 5.74) is 6.80. The molecule has 1 heterocycles. The maximum absolute atomic E-state index is 12.4. The number of pyridine rings is 1. The molecule has 1 fully saturated rings. The first kappa shape index (κ1) is 14.0. The minimum atomic E-state index is 0.0196. The lowest BCUT2D eigenvalue weighted by Crippen LogP contribution is -2.39. The van der Waals surface area contributed by atoms with Crippen molar-refractivity contribution < 1.29 is 4.79 Å². The summed E-state index contributed by atoms with van der Waals surface area (Å²) in [7, 11) is 1.81. The standard InChI is InChI=1S/C15H23N3O/c1-18(13-6-5-9-17-11-13)14(19)10-15(12-16)7-3-2-4-8-15/h5-6,9,11H,2-4,7-8,10,12,16H2,1H3. The molecule has 19 heavy (non-hydrogen) atoms. The molecule has 4 heteroatoms. The first-order valence-corrected chi connectivity index (χ1v) is 7.03. The third kappa shape index (κ3) is 3.32. The molecule has 104 valence electrons. The first-order chi connectivity index (χ1) is 9.17. The van der Waals surface area contributed by atoms with Crippen LogP contribution in [0.3, 0.4) is 0 Å². The summed E-state index contributed by atoms with van der Waals surface area (Å²) in [6.07, 6.45) is 9.80. The Labute approximate surface area is 115 Å². The summed E-state index contributed by atoms with van der Waals surface area (Å²) in [6, 6.07) is 3.75. The predicted octanol–water partition coefficient (Wildman–Crippen LogP) is 2.34. The smallest absolute Gasteiger partial charge is 0.227 e. The first-order valence-electron chi connectivity index (χ1n) is 7.03. The topological polar surface area (TPSA) is 59.2 Å². The molecule has 0 saturated heterocycles. The van der Waals surface area contributed by atoms with Gasteiger partial charge in [0.15, 0.2) is 0 Å². The van der Waals surface area contributed by atoms with Crippen LogP contribution in [-0.2, 0) is 4.79 Å². The van der Waals surface area contributed by atoms with Crippen molar-refractivity contribution in [3.63, 3.8) is 0 Å². The van der Waals surface area contributed by atoms with Gasteiger partial charge in [-0.3, -0.25) is 9.78 Å². The molecule has 0 spiro atoms. The molecule has 1 amide bonds. The van der Waals surface area contributed by atoms with Gasteiger partial charge in [-0.15, -0.1) is 0 Å². The van der Waals surface area contributed by atoms with Gasteiger partial charge in [-0.2, -0.15) is 0 Å². The van der Waals surface area contributed by atoms with E-state index in [1.165, 1.54) is 19.3 Å². The molecule has 0 unspecified atom stereocenters. The highest BCUT2D eigenvalue weighted by atomic mass is 16.2. The Kier molecular flexibility index (Phi) is 4.53. The van der Waals surface area contributed by atoms with Gasteiger partial charge in [0.1, 0.15) is 0 Å². The van der Waals surface area contributed by atoms with Crippen LogP contribution in [0.15, 0.2) is 24.5 Å². The molecule has 1 aromatic heterocycles. The Balaban J connectivity index is 2.03. The van der Waals surface area contributed by atoms with Gasteiger partial charge in [0, 0.05) is 19.7 Å². The number of hydrogen-bond acceptors (Lipinski definition) is 3. The van der Waals surface area contributed by atoms with Gasteiger partial charge in [0.2, 0.25) is 5.91 Å². The lowest BCUT2D eigenvalue weighted by Gasteiger charge is -2.36. The summed E-state index contributed by atoms with van der Waals surface area (Å²) in [5, 5.41) is 0. The molecule has 1 aromatic rings. The second-order valence-electron chi connectivity index (χ2n) is 5.61. The van der Waals surface area contributed by atoms with Gasteiger partial charge >= 0.3 is 0 Å². The number of nitrogens with two attached hydrogens (primary N) is 1. The summed E-state index contributed by atoms with van der Waals surface area (Å²) in [4.78, 5) is 18.2. The second kappa shape index (κ2) is 6.15. The van der Waals surface area contributed by atoms with Crippen LogP contribution in [0.5, 0.6) is 0 Å². The Morgan fingerprint density at radius 3 is 2.74 bits per heavy atom. The number of amides is 1. The minimum absolute atomic E-state index is 0.0196. The Morgan fingerprint density at radius 1 is 1.42 bits per heavy atom. The van der Waals surface area contributed by atoms with Crippen molar-refractivity contribution in [2.24, 2.45) is 11.1 Å². The highest BCUT2D eigenvalue weighted by molar-refractivity contribution is 5.93. The molecule has 2 N–H and O–H groups in total.